The highest BCUT2D eigenvalue weighted by Crippen LogP contribution is 2.75. The third-order valence-electron chi connectivity index (χ3n) is 0.983. The van der Waals surface area contributed by atoms with E-state index in [0.717, 1.165) is 0 Å². The molecule has 1 aliphatic heterocycles. The summed E-state index contributed by atoms with van der Waals surface area (Å²) < 4.78 is 17.2. The minimum Gasteiger partial charge on any atom is -0.175 e. The van der Waals surface area contributed by atoms with Crippen molar-refractivity contribution in [3.05, 3.63) is 0 Å². The molecule has 0 aromatic carbocycles. The van der Waals surface area contributed by atoms with E-state index in [9.17, 15) is 0 Å². The molecule has 1 rings (SSSR count). The van der Waals surface area contributed by atoms with Gasteiger partial charge in [-0.1, -0.05) is 0 Å². The molecule has 0 atom stereocenters. The molecule has 0 amide bonds. The van der Waals surface area contributed by atoms with Crippen LogP contribution in [0.2, 0.25) is 0 Å². The summed E-state index contributed by atoms with van der Waals surface area (Å²) in [4.78, 5) is 0. The first-order valence-electron chi connectivity index (χ1n) is 3.45. The molecule has 78 valence electrons. The number of rotatable bonds is 0. The Labute approximate surface area is 80.3 Å². The van der Waals surface area contributed by atoms with Gasteiger partial charge in [-0.05, 0) is 0 Å². The Balaban J connectivity index is 2.81. The summed E-state index contributed by atoms with van der Waals surface area (Å²) in [6, 6.07) is 0. The summed E-state index contributed by atoms with van der Waals surface area (Å²) in [5, 5.41) is 0. The molecule has 0 radical (unpaired) electrons. The van der Waals surface area contributed by atoms with Crippen LogP contribution < -0.4 is 0 Å². The minimum absolute atomic E-state index is 1.35. The van der Waals surface area contributed by atoms with Gasteiger partial charge < -0.3 is 0 Å². The van der Waals surface area contributed by atoms with Gasteiger partial charge in [-0.15, -0.1) is 0 Å². The molecule has 1 fully saturated rings. The van der Waals surface area contributed by atoms with Gasteiger partial charge >= 0.3 is 0 Å². The maximum Gasteiger partial charge on any atom is 0.0304 e. The molecule has 1 heterocycles. The van der Waals surface area contributed by atoms with Gasteiger partial charge in [0.05, 0.1) is 0 Å². The molecule has 1 saturated heterocycles. The van der Waals surface area contributed by atoms with Crippen molar-refractivity contribution in [3.8, 4) is 0 Å². The molecule has 0 spiro atoms. The van der Waals surface area contributed by atoms with E-state index >= 15 is 0 Å². The van der Waals surface area contributed by atoms with Crippen LogP contribution in [0.25, 0.3) is 0 Å². The number of hydrogen-bond acceptors (Lipinski definition) is 3. The summed E-state index contributed by atoms with van der Waals surface area (Å²) >= 11 is 0. The van der Waals surface area contributed by atoms with E-state index in [2.05, 4.69) is 0 Å². The van der Waals surface area contributed by atoms with Crippen LogP contribution in [0.1, 0.15) is 0 Å². The van der Waals surface area contributed by atoms with E-state index in [1.807, 2.05) is 37.5 Å². The van der Waals surface area contributed by atoms with Crippen molar-refractivity contribution in [1.82, 2.24) is 0 Å². The predicted octanol–water partition coefficient (Wildman–Crippen LogP) is 2.73. The zero-order valence-electron chi connectivity index (χ0n) is 8.45. The lowest BCUT2D eigenvalue weighted by Gasteiger charge is -2.58. The fourth-order valence-electron chi connectivity index (χ4n) is 1.22. The Morgan fingerprint density at radius 2 is 0.667 bits per heavy atom. The van der Waals surface area contributed by atoms with Crippen molar-refractivity contribution >= 4 is 31.8 Å². The maximum atomic E-state index is 5.74. The topological polar surface area (TPSA) is 27.7 Å². The molecule has 6 heteroatoms. The van der Waals surface area contributed by atoms with Crippen molar-refractivity contribution in [2.45, 2.75) is 0 Å². The van der Waals surface area contributed by atoms with Crippen LogP contribution in [0.5, 0.6) is 0 Å². The van der Waals surface area contributed by atoms with Gasteiger partial charge in [0.1, 0.15) is 0 Å². The second-order valence-electron chi connectivity index (χ2n) is 3.63. The Kier molecular flexibility index (Phi) is 2.72. The van der Waals surface area contributed by atoms with Crippen molar-refractivity contribution in [2.24, 2.45) is 0 Å². The van der Waals surface area contributed by atoms with Crippen molar-refractivity contribution in [3.63, 3.8) is 0 Å². The zero-order chi connectivity index (χ0) is 9.62. The average Bonchev–Trinajstić information content (AvgIpc) is 1.44. The molecule has 0 saturated carbocycles. The van der Waals surface area contributed by atoms with E-state index in [1.165, 1.54) is 0 Å². The Morgan fingerprint density at radius 3 is 0.833 bits per heavy atom. The standard InChI is InChI=1S/C6H18O3S3/c1-10(2)7-11(3,4)9-12(5,6)8-10/h1-6H3. The lowest BCUT2D eigenvalue weighted by Crippen LogP contribution is -2.21. The van der Waals surface area contributed by atoms with Gasteiger partial charge in [-0.3, -0.25) is 0 Å². The summed E-state index contributed by atoms with van der Waals surface area (Å²) in [6.45, 7) is 0. The monoisotopic (exact) mass is 234 g/mol. The first-order chi connectivity index (χ1) is 5.12. The zero-order valence-corrected chi connectivity index (χ0v) is 10.9. The highest BCUT2D eigenvalue weighted by molar-refractivity contribution is 8.49. The molecule has 0 aromatic heterocycles. The van der Waals surface area contributed by atoms with Crippen LogP contribution in [0.15, 0.2) is 0 Å². The lowest BCUT2D eigenvalue weighted by atomic mass is 11.9. The molecule has 1 aliphatic rings. The normalized spacial score (nSPS) is 39.5. The van der Waals surface area contributed by atoms with Gasteiger partial charge in [0.15, 0.2) is 0 Å². The van der Waals surface area contributed by atoms with Crippen LogP contribution in [0.3, 0.4) is 0 Å². The van der Waals surface area contributed by atoms with Gasteiger partial charge in [-0.25, -0.2) is 0 Å². The van der Waals surface area contributed by atoms with Crippen LogP contribution in [-0.4, -0.2) is 37.5 Å². The second-order valence-corrected chi connectivity index (χ2v) is 12.1. The average molecular weight is 234 g/mol. The molecular weight excluding hydrogens is 216 g/mol. The smallest absolute Gasteiger partial charge is 0.0304 e. The Bertz CT molecular complexity index is 145. The van der Waals surface area contributed by atoms with E-state index in [1.54, 1.807) is 0 Å². The molecular formula is C6H18O3S3. The lowest BCUT2D eigenvalue weighted by molar-refractivity contribution is 0.450. The van der Waals surface area contributed by atoms with Gasteiger partial charge in [0.2, 0.25) is 0 Å². The molecule has 0 unspecified atom stereocenters. The summed E-state index contributed by atoms with van der Waals surface area (Å²) in [5.74, 6) is 0. The van der Waals surface area contributed by atoms with E-state index < -0.39 is 31.8 Å². The van der Waals surface area contributed by atoms with E-state index in [-0.39, 0.29) is 0 Å². The maximum absolute atomic E-state index is 5.74. The largest absolute Gasteiger partial charge is 0.175 e. The van der Waals surface area contributed by atoms with Crippen molar-refractivity contribution < 1.29 is 10.9 Å². The van der Waals surface area contributed by atoms with Crippen LogP contribution in [0, 0.1) is 0 Å². The minimum atomic E-state index is -1.35. The van der Waals surface area contributed by atoms with Gasteiger partial charge in [0, 0.05) is 37.5 Å². The highest BCUT2D eigenvalue weighted by Gasteiger charge is 2.33. The Hall–Kier alpha value is 0.930. The summed E-state index contributed by atoms with van der Waals surface area (Å²) in [7, 11) is -4.05. The van der Waals surface area contributed by atoms with E-state index in [0.29, 0.717) is 0 Å². The summed E-state index contributed by atoms with van der Waals surface area (Å²) in [5.41, 5.74) is 0. The molecule has 12 heavy (non-hydrogen) atoms. The Morgan fingerprint density at radius 1 is 0.500 bits per heavy atom. The van der Waals surface area contributed by atoms with Crippen LogP contribution in [0.4, 0.5) is 0 Å². The number of hydrogen-bond donors (Lipinski definition) is 0. The quantitative estimate of drug-likeness (QED) is 0.645. The second kappa shape index (κ2) is 2.96. The molecule has 0 aromatic rings. The molecule has 0 bridgehead atoms. The fraction of sp³-hybridized carbons (Fsp3) is 1.00. The molecule has 0 aliphatic carbocycles. The fourth-order valence-corrected chi connectivity index (χ4v) is 11.6. The van der Waals surface area contributed by atoms with E-state index in [4.69, 9.17) is 10.9 Å². The van der Waals surface area contributed by atoms with Gasteiger partial charge in [-0.2, -0.15) is 42.7 Å². The molecule has 3 nitrogen and oxygen atoms in total. The molecule has 0 N–H and O–H groups in total. The van der Waals surface area contributed by atoms with Crippen LogP contribution >= 0.6 is 31.8 Å². The summed E-state index contributed by atoms with van der Waals surface area (Å²) in [6.07, 6.45) is 12.1. The first-order valence-corrected chi connectivity index (χ1v) is 10.3. The van der Waals surface area contributed by atoms with Crippen molar-refractivity contribution in [2.75, 3.05) is 37.5 Å². The highest BCUT2D eigenvalue weighted by atomic mass is 32.4. The third-order valence-corrected chi connectivity index (χ3v) is 8.85. The first kappa shape index (κ1) is 11.0. The third kappa shape index (κ3) is 3.01. The predicted molar refractivity (Wildman–Crippen MR) is 61.6 cm³/mol. The van der Waals surface area contributed by atoms with Crippen molar-refractivity contribution in [1.29, 1.82) is 0 Å². The van der Waals surface area contributed by atoms with Gasteiger partial charge in [0.25, 0.3) is 0 Å². The SMILES string of the molecule is CS1(C)OS(C)(C)OS(C)(C)O1. The van der Waals surface area contributed by atoms with Crippen LogP contribution in [-0.2, 0) is 10.9 Å².